The number of rotatable bonds is 6. The van der Waals surface area contributed by atoms with E-state index in [9.17, 15) is 27.6 Å². The standard InChI is InChI=1S/C18H14F3NO4Se/c1-11(23)26-15-8-3-2-7-14(15)17(25)27-10-16(24)22-13-6-4-5-12(9-13)18(19,20)21/h2-9H,10H2,1H3,(H,22,24). The first-order valence-corrected chi connectivity index (χ1v) is 9.65. The van der Waals surface area contributed by atoms with Crippen LogP contribution in [0, 0.1) is 0 Å². The molecule has 0 spiro atoms. The summed E-state index contributed by atoms with van der Waals surface area (Å²) in [6.45, 7) is 1.20. The van der Waals surface area contributed by atoms with Crippen molar-refractivity contribution in [3.63, 3.8) is 0 Å². The van der Waals surface area contributed by atoms with Gasteiger partial charge in [0.05, 0.1) is 0 Å². The second-order valence-corrected chi connectivity index (χ2v) is 7.28. The van der Waals surface area contributed by atoms with Gasteiger partial charge in [0, 0.05) is 0 Å². The summed E-state index contributed by atoms with van der Waals surface area (Å²) >= 11 is -0.817. The summed E-state index contributed by atoms with van der Waals surface area (Å²) in [6.07, 6.45) is -4.51. The van der Waals surface area contributed by atoms with Crippen LogP contribution in [0.15, 0.2) is 48.5 Å². The maximum absolute atomic E-state index is 12.7. The van der Waals surface area contributed by atoms with E-state index in [0.717, 1.165) is 12.1 Å². The summed E-state index contributed by atoms with van der Waals surface area (Å²) in [4.78, 5) is 35.3. The van der Waals surface area contributed by atoms with Gasteiger partial charge >= 0.3 is 159 Å². The zero-order valence-corrected chi connectivity index (χ0v) is 15.7. The molecule has 2 aromatic rings. The average molecular weight is 444 g/mol. The number of carbonyl (C=O) groups is 3. The van der Waals surface area contributed by atoms with Gasteiger partial charge in [-0.25, -0.2) is 0 Å². The molecule has 142 valence electrons. The van der Waals surface area contributed by atoms with E-state index in [1.807, 2.05) is 0 Å². The Morgan fingerprint density at radius 3 is 2.44 bits per heavy atom. The van der Waals surface area contributed by atoms with Crippen LogP contribution in [0.25, 0.3) is 0 Å². The number of carbonyl (C=O) groups excluding carboxylic acids is 3. The molecule has 0 unspecified atom stereocenters. The number of para-hydroxylation sites is 1. The summed E-state index contributed by atoms with van der Waals surface area (Å²) in [6, 6.07) is 10.4. The molecule has 2 aromatic carbocycles. The molecule has 0 aromatic heterocycles. The van der Waals surface area contributed by atoms with Crippen molar-refractivity contribution in [3.05, 3.63) is 59.7 Å². The number of nitrogens with one attached hydrogen (secondary N) is 1. The predicted octanol–water partition coefficient (Wildman–Crippen LogP) is 3.53. The molecule has 0 saturated carbocycles. The summed E-state index contributed by atoms with van der Waals surface area (Å²) in [5, 5.41) is 2.18. The van der Waals surface area contributed by atoms with Crippen molar-refractivity contribution in [2.24, 2.45) is 0 Å². The molecular formula is C18H14F3NO4Se. The Morgan fingerprint density at radius 2 is 1.78 bits per heavy atom. The molecule has 1 N–H and O–H groups in total. The van der Waals surface area contributed by atoms with Crippen molar-refractivity contribution in [2.45, 2.75) is 18.4 Å². The fourth-order valence-electron chi connectivity index (χ4n) is 2.06. The molecule has 0 aliphatic heterocycles. The first kappa shape index (κ1) is 20.7. The summed E-state index contributed by atoms with van der Waals surface area (Å²) in [5.74, 6) is -1.05. The number of benzene rings is 2. The molecule has 0 bridgehead atoms. The monoisotopic (exact) mass is 445 g/mol. The molecule has 0 fully saturated rings. The molecule has 0 radical (unpaired) electrons. The molecule has 0 aliphatic rings. The van der Waals surface area contributed by atoms with Crippen LogP contribution < -0.4 is 10.1 Å². The molecule has 2 rings (SSSR count). The van der Waals surface area contributed by atoms with Crippen LogP contribution in [-0.4, -0.2) is 31.5 Å². The molecule has 5 nitrogen and oxygen atoms in total. The third-order valence-corrected chi connectivity index (χ3v) is 5.03. The van der Waals surface area contributed by atoms with E-state index in [0.29, 0.717) is 0 Å². The molecular weight excluding hydrogens is 430 g/mol. The van der Waals surface area contributed by atoms with Crippen LogP contribution in [-0.2, 0) is 15.8 Å². The van der Waals surface area contributed by atoms with Gasteiger partial charge in [0.1, 0.15) is 0 Å². The third kappa shape index (κ3) is 6.23. The molecule has 0 atom stereocenters. The first-order chi connectivity index (χ1) is 12.7. The van der Waals surface area contributed by atoms with Gasteiger partial charge in [-0.2, -0.15) is 0 Å². The van der Waals surface area contributed by atoms with Gasteiger partial charge in [-0.15, -0.1) is 0 Å². The van der Waals surface area contributed by atoms with Crippen molar-refractivity contribution in [1.29, 1.82) is 0 Å². The number of hydrogen-bond donors (Lipinski definition) is 1. The zero-order valence-electron chi connectivity index (χ0n) is 14.0. The molecule has 9 heteroatoms. The van der Waals surface area contributed by atoms with Crippen LogP contribution in [0.5, 0.6) is 5.75 Å². The molecule has 0 aliphatic carbocycles. The number of alkyl halides is 3. The van der Waals surface area contributed by atoms with Gasteiger partial charge in [0.25, 0.3) is 0 Å². The number of esters is 1. The Kier molecular flexibility index (Phi) is 6.76. The molecule has 0 heterocycles. The average Bonchev–Trinajstić information content (AvgIpc) is 2.59. The Balaban J connectivity index is 1.98. The van der Waals surface area contributed by atoms with Crippen LogP contribution in [0.2, 0.25) is 5.32 Å². The van der Waals surface area contributed by atoms with E-state index < -0.39 is 38.6 Å². The number of halogens is 3. The SMILES string of the molecule is CC(=O)Oc1ccccc1C(=O)[Se]CC(=O)Nc1cccc(C(F)(F)F)c1. The molecule has 1 amide bonds. The van der Waals surface area contributed by atoms with Crippen LogP contribution in [0.3, 0.4) is 0 Å². The van der Waals surface area contributed by atoms with Crippen molar-refractivity contribution in [2.75, 3.05) is 5.32 Å². The predicted molar refractivity (Wildman–Crippen MR) is 92.7 cm³/mol. The Labute approximate surface area is 159 Å². The quantitative estimate of drug-likeness (QED) is 0.421. The van der Waals surface area contributed by atoms with Gasteiger partial charge in [0.2, 0.25) is 0 Å². The number of hydrogen-bond acceptors (Lipinski definition) is 4. The van der Waals surface area contributed by atoms with Crippen molar-refractivity contribution < 1.29 is 32.3 Å². The van der Waals surface area contributed by atoms with Gasteiger partial charge in [-0.1, -0.05) is 0 Å². The fraction of sp³-hybridized carbons (Fsp3) is 0.167. The van der Waals surface area contributed by atoms with Crippen LogP contribution >= 0.6 is 0 Å². The van der Waals surface area contributed by atoms with E-state index in [1.165, 1.54) is 31.2 Å². The van der Waals surface area contributed by atoms with Crippen molar-refractivity contribution in [3.8, 4) is 5.75 Å². The summed E-state index contributed by atoms with van der Waals surface area (Å²) < 4.78 is 42.6. The Hall–Kier alpha value is -2.64. The van der Waals surface area contributed by atoms with E-state index in [-0.39, 0.29) is 27.0 Å². The summed E-state index contributed by atoms with van der Waals surface area (Å²) in [7, 11) is 0. The third-order valence-electron chi connectivity index (χ3n) is 3.17. The van der Waals surface area contributed by atoms with E-state index in [1.54, 1.807) is 12.1 Å². The van der Waals surface area contributed by atoms with Gasteiger partial charge in [-0.05, 0) is 0 Å². The first-order valence-electron chi connectivity index (χ1n) is 7.58. The normalized spacial score (nSPS) is 11.0. The van der Waals surface area contributed by atoms with Gasteiger partial charge < -0.3 is 0 Å². The molecule has 0 saturated heterocycles. The molecule has 27 heavy (non-hydrogen) atoms. The minimum absolute atomic E-state index is 0.00149. The van der Waals surface area contributed by atoms with Crippen LogP contribution in [0.1, 0.15) is 22.8 Å². The second kappa shape index (κ2) is 8.83. The van der Waals surface area contributed by atoms with Crippen molar-refractivity contribution >= 4 is 37.2 Å². The Bertz CT molecular complexity index is 868. The van der Waals surface area contributed by atoms with E-state index in [4.69, 9.17) is 4.74 Å². The van der Waals surface area contributed by atoms with Crippen molar-refractivity contribution in [1.82, 2.24) is 0 Å². The van der Waals surface area contributed by atoms with E-state index in [2.05, 4.69) is 5.32 Å². The second-order valence-electron chi connectivity index (χ2n) is 5.29. The Morgan fingerprint density at radius 1 is 1.07 bits per heavy atom. The summed E-state index contributed by atoms with van der Waals surface area (Å²) in [5.41, 5.74) is -0.699. The maximum atomic E-state index is 12.7. The number of amides is 1. The van der Waals surface area contributed by atoms with Gasteiger partial charge in [-0.3, -0.25) is 0 Å². The minimum atomic E-state index is -4.51. The number of anilines is 1. The van der Waals surface area contributed by atoms with Crippen LogP contribution in [0.4, 0.5) is 18.9 Å². The number of ether oxygens (including phenoxy) is 1. The fourth-order valence-corrected chi connectivity index (χ4v) is 3.44. The van der Waals surface area contributed by atoms with E-state index >= 15 is 0 Å². The zero-order chi connectivity index (χ0) is 20.0. The van der Waals surface area contributed by atoms with Gasteiger partial charge in [0.15, 0.2) is 0 Å². The topological polar surface area (TPSA) is 72.5 Å².